The topological polar surface area (TPSA) is 86.7 Å². The van der Waals surface area contributed by atoms with Crippen molar-refractivity contribution in [3.8, 4) is 0 Å². The van der Waals surface area contributed by atoms with E-state index in [1.54, 1.807) is 11.8 Å². The van der Waals surface area contributed by atoms with E-state index in [1.807, 2.05) is 22.9 Å². The normalized spacial score (nSPS) is 24.6. The number of hydrogen-bond donors (Lipinski definition) is 0. The molecule has 4 heterocycles. The Morgan fingerprint density at radius 2 is 2.04 bits per heavy atom. The molecule has 8 heteroatoms. The number of nitrogens with zero attached hydrogens (tertiary/aromatic N) is 5. The number of fused-ring (bicyclic) bond motifs is 1. The van der Waals surface area contributed by atoms with Crippen LogP contribution in [0.4, 0.5) is 0 Å². The van der Waals surface area contributed by atoms with Crippen LogP contribution >= 0.6 is 0 Å². The maximum Gasteiger partial charge on any atom is 0.228 e. The van der Waals surface area contributed by atoms with Crippen molar-refractivity contribution >= 4 is 17.7 Å². The molecule has 28 heavy (non-hydrogen) atoms. The highest BCUT2D eigenvalue weighted by Gasteiger charge is 2.37. The van der Waals surface area contributed by atoms with Crippen LogP contribution in [0.5, 0.6) is 0 Å². The van der Waals surface area contributed by atoms with Gasteiger partial charge in [0.1, 0.15) is 5.82 Å². The molecule has 0 unspecified atom stereocenters. The van der Waals surface area contributed by atoms with Gasteiger partial charge in [-0.2, -0.15) is 0 Å². The molecule has 2 saturated heterocycles. The average molecular weight is 385 g/mol. The number of hydrogen-bond acceptors (Lipinski definition) is 5. The number of likely N-dealkylation sites (tertiary alicyclic amines) is 2. The van der Waals surface area contributed by atoms with Gasteiger partial charge in [0, 0.05) is 76.7 Å². The summed E-state index contributed by atoms with van der Waals surface area (Å²) in [6.07, 6.45) is 3.76. The molecule has 2 atom stereocenters. The summed E-state index contributed by atoms with van der Waals surface area (Å²) >= 11 is 0. The molecule has 3 aliphatic heterocycles. The molecule has 0 N–H and O–H groups in total. The standard InChI is InChI=1S/C20H27N5O3/c1-3-23-11-15(8-18(23)27)20(28)25-7-5-17-16(12-25)9-21-19(22-17)14-4-6-24(10-14)13(2)26/h9,14-15H,3-8,10-12H2,1-2H3/t14-,15-/m0/s1. The molecular weight excluding hydrogens is 358 g/mol. The molecule has 150 valence electrons. The minimum absolute atomic E-state index is 0.0620. The van der Waals surface area contributed by atoms with Gasteiger partial charge in [0.2, 0.25) is 17.7 Å². The van der Waals surface area contributed by atoms with Crippen LogP contribution in [-0.4, -0.2) is 75.1 Å². The fraction of sp³-hybridized carbons (Fsp3) is 0.650. The summed E-state index contributed by atoms with van der Waals surface area (Å²) in [6.45, 7) is 7.31. The smallest absolute Gasteiger partial charge is 0.228 e. The first-order valence-electron chi connectivity index (χ1n) is 10.1. The van der Waals surface area contributed by atoms with Gasteiger partial charge in [-0.25, -0.2) is 9.97 Å². The first kappa shape index (κ1) is 18.8. The van der Waals surface area contributed by atoms with E-state index in [2.05, 4.69) is 4.98 Å². The molecule has 0 bridgehead atoms. The summed E-state index contributed by atoms with van der Waals surface area (Å²) in [5.74, 6) is 1.00. The van der Waals surface area contributed by atoms with Gasteiger partial charge in [-0.1, -0.05) is 0 Å². The highest BCUT2D eigenvalue weighted by molar-refractivity contribution is 5.89. The van der Waals surface area contributed by atoms with Crippen LogP contribution in [-0.2, 0) is 27.3 Å². The number of carbonyl (C=O) groups is 3. The second-order valence-corrected chi connectivity index (χ2v) is 7.99. The minimum Gasteiger partial charge on any atom is -0.342 e. The molecule has 3 amide bonds. The largest absolute Gasteiger partial charge is 0.342 e. The van der Waals surface area contributed by atoms with E-state index in [0.29, 0.717) is 45.6 Å². The van der Waals surface area contributed by atoms with Crippen molar-refractivity contribution in [1.82, 2.24) is 24.7 Å². The Morgan fingerprint density at radius 3 is 2.71 bits per heavy atom. The van der Waals surface area contributed by atoms with Crippen molar-refractivity contribution in [3.05, 3.63) is 23.3 Å². The molecule has 8 nitrogen and oxygen atoms in total. The van der Waals surface area contributed by atoms with Gasteiger partial charge >= 0.3 is 0 Å². The number of rotatable bonds is 3. The molecular formula is C20H27N5O3. The molecule has 3 aliphatic rings. The lowest BCUT2D eigenvalue weighted by atomic mass is 10.0. The summed E-state index contributed by atoms with van der Waals surface area (Å²) in [6, 6.07) is 0. The monoisotopic (exact) mass is 385 g/mol. The van der Waals surface area contributed by atoms with Gasteiger partial charge < -0.3 is 14.7 Å². The molecule has 2 fully saturated rings. The van der Waals surface area contributed by atoms with Crippen molar-refractivity contribution in [3.63, 3.8) is 0 Å². The molecule has 0 aromatic carbocycles. The molecule has 0 saturated carbocycles. The zero-order valence-corrected chi connectivity index (χ0v) is 16.6. The third-order valence-corrected chi connectivity index (χ3v) is 6.21. The van der Waals surface area contributed by atoms with Gasteiger partial charge in [-0.3, -0.25) is 14.4 Å². The Labute approximate surface area is 164 Å². The summed E-state index contributed by atoms with van der Waals surface area (Å²) < 4.78 is 0. The van der Waals surface area contributed by atoms with Crippen molar-refractivity contribution in [2.75, 3.05) is 32.7 Å². The second-order valence-electron chi connectivity index (χ2n) is 7.99. The van der Waals surface area contributed by atoms with Gasteiger partial charge in [0.15, 0.2) is 0 Å². The fourth-order valence-electron chi connectivity index (χ4n) is 4.47. The Hall–Kier alpha value is -2.51. The Kier molecular flexibility index (Phi) is 5.03. The minimum atomic E-state index is -0.231. The summed E-state index contributed by atoms with van der Waals surface area (Å²) in [5.41, 5.74) is 1.99. The molecule has 1 aromatic rings. The van der Waals surface area contributed by atoms with Gasteiger partial charge in [0.25, 0.3) is 0 Å². The highest BCUT2D eigenvalue weighted by Crippen LogP contribution is 2.28. The maximum absolute atomic E-state index is 12.9. The van der Waals surface area contributed by atoms with Crippen LogP contribution in [0.1, 0.15) is 49.7 Å². The molecule has 0 spiro atoms. The van der Waals surface area contributed by atoms with E-state index in [9.17, 15) is 14.4 Å². The molecule has 0 aliphatic carbocycles. The summed E-state index contributed by atoms with van der Waals surface area (Å²) in [5, 5.41) is 0. The summed E-state index contributed by atoms with van der Waals surface area (Å²) in [7, 11) is 0. The van der Waals surface area contributed by atoms with E-state index >= 15 is 0 Å². The first-order chi connectivity index (χ1) is 13.5. The van der Waals surface area contributed by atoms with Gasteiger partial charge in [-0.05, 0) is 13.3 Å². The quantitative estimate of drug-likeness (QED) is 0.759. The van der Waals surface area contributed by atoms with Crippen molar-refractivity contribution in [2.24, 2.45) is 5.92 Å². The van der Waals surface area contributed by atoms with Gasteiger partial charge in [-0.15, -0.1) is 0 Å². The third kappa shape index (κ3) is 3.47. The van der Waals surface area contributed by atoms with E-state index < -0.39 is 0 Å². The van der Waals surface area contributed by atoms with Crippen LogP contribution in [0, 0.1) is 5.92 Å². The maximum atomic E-state index is 12.9. The second kappa shape index (κ2) is 7.48. The third-order valence-electron chi connectivity index (χ3n) is 6.21. The zero-order valence-electron chi connectivity index (χ0n) is 16.6. The highest BCUT2D eigenvalue weighted by atomic mass is 16.2. The van der Waals surface area contributed by atoms with E-state index in [0.717, 1.165) is 30.0 Å². The van der Waals surface area contributed by atoms with Crippen molar-refractivity contribution in [1.29, 1.82) is 0 Å². The van der Waals surface area contributed by atoms with Crippen LogP contribution in [0.25, 0.3) is 0 Å². The lowest BCUT2D eigenvalue weighted by Gasteiger charge is -2.30. The van der Waals surface area contributed by atoms with Crippen LogP contribution in [0.15, 0.2) is 6.20 Å². The summed E-state index contributed by atoms with van der Waals surface area (Å²) in [4.78, 5) is 51.1. The van der Waals surface area contributed by atoms with E-state index in [1.165, 1.54) is 0 Å². The van der Waals surface area contributed by atoms with Crippen molar-refractivity contribution in [2.45, 2.75) is 45.6 Å². The molecule has 0 radical (unpaired) electrons. The number of carbonyl (C=O) groups excluding carboxylic acids is 3. The average Bonchev–Trinajstić information content (AvgIpc) is 3.33. The Balaban J connectivity index is 1.42. The Morgan fingerprint density at radius 1 is 1.21 bits per heavy atom. The SMILES string of the molecule is CCN1C[C@@H](C(=O)N2CCc3nc([C@H]4CCN(C(C)=O)C4)ncc3C2)CC1=O. The van der Waals surface area contributed by atoms with Crippen LogP contribution in [0.2, 0.25) is 0 Å². The Bertz CT molecular complexity index is 811. The lowest BCUT2D eigenvalue weighted by molar-refractivity contribution is -0.136. The lowest BCUT2D eigenvalue weighted by Crippen LogP contribution is -2.41. The fourth-order valence-corrected chi connectivity index (χ4v) is 4.47. The molecule has 1 aromatic heterocycles. The van der Waals surface area contributed by atoms with Crippen LogP contribution in [0.3, 0.4) is 0 Å². The van der Waals surface area contributed by atoms with Crippen molar-refractivity contribution < 1.29 is 14.4 Å². The first-order valence-corrected chi connectivity index (χ1v) is 10.1. The van der Waals surface area contributed by atoms with E-state index in [-0.39, 0.29) is 29.6 Å². The van der Waals surface area contributed by atoms with Gasteiger partial charge in [0.05, 0.1) is 11.6 Å². The molecule has 4 rings (SSSR count). The van der Waals surface area contributed by atoms with E-state index in [4.69, 9.17) is 4.98 Å². The van der Waals surface area contributed by atoms with Crippen LogP contribution < -0.4 is 0 Å². The zero-order chi connectivity index (χ0) is 19.8. The number of amides is 3. The number of aromatic nitrogens is 2. The predicted octanol–water partition coefficient (Wildman–Crippen LogP) is 0.566. The predicted molar refractivity (Wildman–Crippen MR) is 101 cm³/mol.